The van der Waals surface area contributed by atoms with Crippen LogP contribution in [0.15, 0.2) is 29.4 Å². The maximum absolute atomic E-state index is 11.3. The van der Waals surface area contributed by atoms with E-state index in [1.54, 1.807) is 7.05 Å². The van der Waals surface area contributed by atoms with Gasteiger partial charge in [-0.05, 0) is 24.1 Å². The molecule has 2 N–H and O–H groups in total. The van der Waals surface area contributed by atoms with Crippen molar-refractivity contribution < 1.29 is 4.79 Å². The normalized spacial score (nSPS) is 15.1. The Hall–Kier alpha value is -1.39. The summed E-state index contributed by atoms with van der Waals surface area (Å²) >= 11 is 0. The number of benzene rings is 1. The number of nitrogens with zero attached hydrogens (tertiary/aromatic N) is 2. The van der Waals surface area contributed by atoms with Crippen molar-refractivity contribution in [1.29, 1.82) is 0 Å². The van der Waals surface area contributed by atoms with E-state index in [2.05, 4.69) is 17.2 Å². The first-order valence-electron chi connectivity index (χ1n) is 5.84. The van der Waals surface area contributed by atoms with Gasteiger partial charge in [0.1, 0.15) is 0 Å². The number of halogens is 1. The molecule has 0 saturated carbocycles. The minimum Gasteiger partial charge on any atom is -0.330 e. The van der Waals surface area contributed by atoms with E-state index in [1.807, 2.05) is 12.1 Å². The third kappa shape index (κ3) is 3.31. The highest BCUT2D eigenvalue weighted by molar-refractivity contribution is 6.04. The van der Waals surface area contributed by atoms with Gasteiger partial charge >= 0.3 is 0 Å². The van der Waals surface area contributed by atoms with Crippen LogP contribution in [0.3, 0.4) is 0 Å². The van der Waals surface area contributed by atoms with Gasteiger partial charge in [-0.2, -0.15) is 5.10 Å². The molecular weight excluding hydrogens is 250 g/mol. The van der Waals surface area contributed by atoms with Crippen LogP contribution in [0.1, 0.15) is 24.0 Å². The Kier molecular flexibility index (Phi) is 5.31. The van der Waals surface area contributed by atoms with E-state index in [9.17, 15) is 4.79 Å². The lowest BCUT2D eigenvalue weighted by atomic mass is 10.0. The molecule has 2 rings (SSSR count). The van der Waals surface area contributed by atoms with Crippen LogP contribution >= 0.6 is 12.4 Å². The van der Waals surface area contributed by atoms with Crippen molar-refractivity contribution in [1.82, 2.24) is 5.01 Å². The van der Waals surface area contributed by atoms with Gasteiger partial charge in [0.15, 0.2) is 0 Å². The molecule has 0 bridgehead atoms. The predicted molar refractivity (Wildman–Crippen MR) is 75.0 cm³/mol. The number of nitrogens with two attached hydrogens (primary N) is 1. The van der Waals surface area contributed by atoms with Gasteiger partial charge in [0.25, 0.3) is 0 Å². The topological polar surface area (TPSA) is 58.7 Å². The molecule has 4 nitrogen and oxygen atoms in total. The average Bonchev–Trinajstić information content (AvgIpc) is 2.34. The van der Waals surface area contributed by atoms with Crippen LogP contribution in [0.25, 0.3) is 0 Å². The van der Waals surface area contributed by atoms with E-state index in [4.69, 9.17) is 5.73 Å². The lowest BCUT2D eigenvalue weighted by Crippen LogP contribution is -2.28. The zero-order valence-electron chi connectivity index (χ0n) is 10.4. The standard InChI is InChI=1S/C13H17N3O.ClH/c1-16-13(17)7-6-12(15-16)11-4-2-10(3-5-11)8-9-14;/h2-5H,6-9,14H2,1H3;1H. The van der Waals surface area contributed by atoms with Crippen LogP contribution in [-0.4, -0.2) is 30.2 Å². The molecule has 5 heteroatoms. The molecule has 0 atom stereocenters. The van der Waals surface area contributed by atoms with Crippen LogP contribution < -0.4 is 5.73 Å². The molecule has 1 heterocycles. The lowest BCUT2D eigenvalue weighted by molar-refractivity contribution is -0.130. The fourth-order valence-corrected chi connectivity index (χ4v) is 1.91. The summed E-state index contributed by atoms with van der Waals surface area (Å²) in [6.45, 7) is 0.664. The number of carbonyl (C=O) groups is 1. The summed E-state index contributed by atoms with van der Waals surface area (Å²) in [6, 6.07) is 8.24. The molecule has 1 aliphatic rings. The highest BCUT2D eigenvalue weighted by atomic mass is 35.5. The van der Waals surface area contributed by atoms with Crippen molar-refractivity contribution in [2.24, 2.45) is 10.8 Å². The molecule has 0 aromatic heterocycles. The van der Waals surface area contributed by atoms with Gasteiger partial charge in [-0.25, -0.2) is 5.01 Å². The molecule has 1 aliphatic heterocycles. The van der Waals surface area contributed by atoms with Crippen molar-refractivity contribution in [2.45, 2.75) is 19.3 Å². The quantitative estimate of drug-likeness (QED) is 0.904. The molecule has 0 unspecified atom stereocenters. The Labute approximate surface area is 113 Å². The number of amides is 1. The smallest absolute Gasteiger partial charge is 0.242 e. The first-order chi connectivity index (χ1) is 8.20. The van der Waals surface area contributed by atoms with E-state index in [1.165, 1.54) is 10.6 Å². The van der Waals surface area contributed by atoms with Gasteiger partial charge in [-0.1, -0.05) is 24.3 Å². The number of hydrogen-bond acceptors (Lipinski definition) is 3. The number of hydrazone groups is 1. The molecule has 0 radical (unpaired) electrons. The molecule has 98 valence electrons. The maximum atomic E-state index is 11.3. The average molecular weight is 268 g/mol. The highest BCUT2D eigenvalue weighted by Gasteiger charge is 2.17. The van der Waals surface area contributed by atoms with Gasteiger partial charge in [0.05, 0.1) is 5.71 Å². The number of rotatable bonds is 3. The van der Waals surface area contributed by atoms with E-state index in [0.29, 0.717) is 13.0 Å². The zero-order valence-corrected chi connectivity index (χ0v) is 11.2. The molecule has 0 saturated heterocycles. The van der Waals surface area contributed by atoms with Crippen molar-refractivity contribution in [3.05, 3.63) is 35.4 Å². The molecule has 1 amide bonds. The van der Waals surface area contributed by atoms with Gasteiger partial charge in [-0.15, -0.1) is 12.4 Å². The molecule has 18 heavy (non-hydrogen) atoms. The van der Waals surface area contributed by atoms with Crippen molar-refractivity contribution in [2.75, 3.05) is 13.6 Å². The maximum Gasteiger partial charge on any atom is 0.242 e. The summed E-state index contributed by atoms with van der Waals surface area (Å²) in [5, 5.41) is 5.71. The van der Waals surface area contributed by atoms with E-state index in [-0.39, 0.29) is 18.3 Å². The Balaban J connectivity index is 0.00000162. The van der Waals surface area contributed by atoms with Gasteiger partial charge in [0, 0.05) is 19.9 Å². The van der Waals surface area contributed by atoms with Gasteiger partial charge in [0.2, 0.25) is 5.91 Å². The minimum atomic E-state index is 0. The Morgan fingerprint density at radius 1 is 1.28 bits per heavy atom. The van der Waals surface area contributed by atoms with Gasteiger partial charge in [-0.3, -0.25) is 4.79 Å². The third-order valence-corrected chi connectivity index (χ3v) is 2.93. The molecule has 1 aromatic carbocycles. The predicted octanol–water partition coefficient (Wildman–Crippen LogP) is 1.57. The molecule has 1 aromatic rings. The molecule has 0 spiro atoms. The zero-order chi connectivity index (χ0) is 12.3. The first kappa shape index (κ1) is 14.7. The first-order valence-corrected chi connectivity index (χ1v) is 5.84. The summed E-state index contributed by atoms with van der Waals surface area (Å²) in [4.78, 5) is 11.3. The summed E-state index contributed by atoms with van der Waals surface area (Å²) in [6.07, 6.45) is 2.16. The molecular formula is C13H18ClN3O. The summed E-state index contributed by atoms with van der Waals surface area (Å²) in [5.74, 6) is 0.0773. The van der Waals surface area contributed by atoms with Crippen LogP contribution in [0.4, 0.5) is 0 Å². The van der Waals surface area contributed by atoms with E-state index in [0.717, 1.165) is 24.1 Å². The second-order valence-electron chi connectivity index (χ2n) is 4.20. The Bertz CT molecular complexity index is 442. The number of carbonyl (C=O) groups excluding carboxylic acids is 1. The fraction of sp³-hybridized carbons (Fsp3) is 0.385. The van der Waals surface area contributed by atoms with E-state index >= 15 is 0 Å². The lowest BCUT2D eigenvalue weighted by Gasteiger charge is -2.19. The Morgan fingerprint density at radius 2 is 1.94 bits per heavy atom. The summed E-state index contributed by atoms with van der Waals surface area (Å²) in [7, 11) is 1.70. The monoisotopic (exact) mass is 267 g/mol. The van der Waals surface area contributed by atoms with Crippen molar-refractivity contribution in [3.63, 3.8) is 0 Å². The second-order valence-corrected chi connectivity index (χ2v) is 4.20. The van der Waals surface area contributed by atoms with Crippen LogP contribution in [0.2, 0.25) is 0 Å². The summed E-state index contributed by atoms with van der Waals surface area (Å²) in [5.41, 5.74) is 8.81. The SMILES string of the molecule is CN1N=C(c2ccc(CCN)cc2)CCC1=O.Cl. The highest BCUT2D eigenvalue weighted by Crippen LogP contribution is 2.14. The van der Waals surface area contributed by atoms with Crippen molar-refractivity contribution in [3.8, 4) is 0 Å². The Morgan fingerprint density at radius 3 is 2.50 bits per heavy atom. The van der Waals surface area contributed by atoms with E-state index < -0.39 is 0 Å². The van der Waals surface area contributed by atoms with Crippen LogP contribution in [-0.2, 0) is 11.2 Å². The van der Waals surface area contributed by atoms with Gasteiger partial charge < -0.3 is 5.73 Å². The van der Waals surface area contributed by atoms with Crippen LogP contribution in [0.5, 0.6) is 0 Å². The van der Waals surface area contributed by atoms with Crippen molar-refractivity contribution >= 4 is 24.0 Å². The fourth-order valence-electron chi connectivity index (χ4n) is 1.91. The van der Waals surface area contributed by atoms with Crippen LogP contribution in [0, 0.1) is 0 Å². The molecule has 0 fully saturated rings. The minimum absolute atomic E-state index is 0. The largest absolute Gasteiger partial charge is 0.330 e. The summed E-state index contributed by atoms with van der Waals surface area (Å²) < 4.78 is 0. The second kappa shape index (κ2) is 6.52. The third-order valence-electron chi connectivity index (χ3n) is 2.93. The number of hydrogen-bond donors (Lipinski definition) is 1. The molecule has 0 aliphatic carbocycles.